The van der Waals surface area contributed by atoms with Crippen LogP contribution >= 0.6 is 0 Å². The summed E-state index contributed by atoms with van der Waals surface area (Å²) in [6.45, 7) is 0. The van der Waals surface area contributed by atoms with Gasteiger partial charge in [-0.1, -0.05) is 0 Å². The number of nitrogens with two attached hydrogens (primary N) is 2. The Morgan fingerprint density at radius 2 is 2.11 bits per heavy atom. The summed E-state index contributed by atoms with van der Waals surface area (Å²) in [6.07, 6.45) is 1.45. The Kier molecular flexibility index (Phi) is 3.09. The Morgan fingerprint density at radius 3 is 2.78 bits per heavy atom. The van der Waals surface area contributed by atoms with Crippen LogP contribution in [0.4, 0.5) is 10.1 Å². The molecule has 0 saturated heterocycles. The summed E-state index contributed by atoms with van der Waals surface area (Å²) in [4.78, 5) is 15.0. The van der Waals surface area contributed by atoms with E-state index in [1.165, 1.54) is 24.4 Å². The van der Waals surface area contributed by atoms with Gasteiger partial charge < -0.3 is 16.2 Å². The smallest absolute Gasteiger partial charge is 0.254 e. The zero-order valence-electron chi connectivity index (χ0n) is 9.26. The molecule has 0 bridgehead atoms. The van der Waals surface area contributed by atoms with Crippen LogP contribution in [-0.2, 0) is 0 Å². The molecule has 1 aromatic heterocycles. The number of benzene rings is 1. The minimum atomic E-state index is -0.668. The van der Waals surface area contributed by atoms with Crippen LogP contribution in [0.3, 0.4) is 0 Å². The number of rotatable bonds is 3. The summed E-state index contributed by atoms with van der Waals surface area (Å²) >= 11 is 0. The van der Waals surface area contributed by atoms with E-state index in [2.05, 4.69) is 4.98 Å². The van der Waals surface area contributed by atoms with Crippen LogP contribution in [0, 0.1) is 5.82 Å². The van der Waals surface area contributed by atoms with Crippen LogP contribution in [0.15, 0.2) is 36.5 Å². The number of halogens is 1. The van der Waals surface area contributed by atoms with Crippen LogP contribution in [0.2, 0.25) is 0 Å². The summed E-state index contributed by atoms with van der Waals surface area (Å²) in [6, 6.07) is 6.69. The van der Waals surface area contributed by atoms with Crippen LogP contribution in [0.5, 0.6) is 11.6 Å². The van der Waals surface area contributed by atoms with Gasteiger partial charge in [0.05, 0.1) is 5.69 Å². The Hall–Kier alpha value is -2.63. The predicted octanol–water partition coefficient (Wildman–Crippen LogP) is 1.69. The first-order valence-corrected chi connectivity index (χ1v) is 5.05. The van der Waals surface area contributed by atoms with Gasteiger partial charge in [0.15, 0.2) is 5.75 Å². The normalized spacial score (nSPS) is 10.1. The van der Waals surface area contributed by atoms with E-state index in [1.54, 1.807) is 6.07 Å². The highest BCUT2D eigenvalue weighted by atomic mass is 19.1. The molecule has 92 valence electrons. The second-order valence-corrected chi connectivity index (χ2v) is 3.50. The molecule has 1 amide bonds. The molecule has 1 heterocycles. The van der Waals surface area contributed by atoms with Crippen LogP contribution in [-0.4, -0.2) is 10.9 Å². The number of carbonyl (C=O) groups excluding carboxylic acids is 1. The number of hydrogen-bond donors (Lipinski definition) is 2. The van der Waals surface area contributed by atoms with Gasteiger partial charge in [0.1, 0.15) is 11.4 Å². The molecule has 0 aliphatic rings. The Labute approximate surface area is 102 Å². The first-order valence-electron chi connectivity index (χ1n) is 5.05. The predicted molar refractivity (Wildman–Crippen MR) is 63.6 cm³/mol. The molecule has 6 heteroatoms. The molecule has 0 atom stereocenters. The first-order chi connectivity index (χ1) is 8.58. The molecular weight excluding hydrogens is 237 g/mol. The fraction of sp³-hybridized carbons (Fsp3) is 0. The van der Waals surface area contributed by atoms with Crippen molar-refractivity contribution in [2.24, 2.45) is 5.73 Å². The number of aromatic nitrogens is 1. The van der Waals surface area contributed by atoms with Gasteiger partial charge in [-0.15, -0.1) is 0 Å². The van der Waals surface area contributed by atoms with Gasteiger partial charge in [-0.25, -0.2) is 9.37 Å². The van der Waals surface area contributed by atoms with Crippen LogP contribution in [0.1, 0.15) is 10.4 Å². The molecule has 0 unspecified atom stereocenters. The molecule has 0 radical (unpaired) electrons. The lowest BCUT2D eigenvalue weighted by Gasteiger charge is -2.09. The molecule has 2 rings (SSSR count). The van der Waals surface area contributed by atoms with E-state index in [-0.39, 0.29) is 22.9 Å². The number of nitrogens with zero attached hydrogens (tertiary/aromatic N) is 1. The van der Waals surface area contributed by atoms with Gasteiger partial charge in [0.2, 0.25) is 5.88 Å². The summed E-state index contributed by atoms with van der Waals surface area (Å²) in [5, 5.41) is 0. The van der Waals surface area contributed by atoms with Crippen molar-refractivity contribution in [3.05, 3.63) is 47.9 Å². The number of hydrogen-bond acceptors (Lipinski definition) is 4. The lowest BCUT2D eigenvalue weighted by molar-refractivity contribution is 0.0997. The molecule has 0 saturated carbocycles. The van der Waals surface area contributed by atoms with Gasteiger partial charge >= 0.3 is 0 Å². The fourth-order valence-corrected chi connectivity index (χ4v) is 1.38. The van der Waals surface area contributed by atoms with E-state index < -0.39 is 11.7 Å². The van der Waals surface area contributed by atoms with Gasteiger partial charge in [0, 0.05) is 12.3 Å². The lowest BCUT2D eigenvalue weighted by Crippen LogP contribution is -2.13. The largest absolute Gasteiger partial charge is 0.436 e. The summed E-state index contributed by atoms with van der Waals surface area (Å²) in [5.74, 6) is -0.907. The molecule has 0 aliphatic heterocycles. The van der Waals surface area contributed by atoms with Gasteiger partial charge in [-0.2, -0.15) is 0 Å². The van der Waals surface area contributed by atoms with E-state index in [4.69, 9.17) is 16.2 Å². The van der Waals surface area contributed by atoms with E-state index in [0.717, 1.165) is 6.07 Å². The minimum Gasteiger partial charge on any atom is -0.436 e. The maximum atomic E-state index is 12.9. The molecule has 1 aromatic carbocycles. The first kappa shape index (κ1) is 11.8. The average Bonchev–Trinajstić information content (AvgIpc) is 2.33. The van der Waals surface area contributed by atoms with E-state index in [1.807, 2.05) is 0 Å². The maximum absolute atomic E-state index is 12.9. The number of pyridine rings is 1. The van der Waals surface area contributed by atoms with Gasteiger partial charge in [0.25, 0.3) is 5.91 Å². The minimum absolute atomic E-state index is 0.0308. The SMILES string of the molecule is NC(=O)c1cccnc1Oc1ccc(F)cc1N. The number of nitrogen functional groups attached to an aromatic ring is 1. The maximum Gasteiger partial charge on any atom is 0.254 e. The molecule has 4 N–H and O–H groups in total. The summed E-state index contributed by atoms with van der Waals surface area (Å²) in [5.41, 5.74) is 11.0. The van der Waals surface area contributed by atoms with Crippen molar-refractivity contribution in [2.45, 2.75) is 0 Å². The summed E-state index contributed by atoms with van der Waals surface area (Å²) < 4.78 is 18.2. The van der Waals surface area contributed by atoms with E-state index in [9.17, 15) is 9.18 Å². The fourth-order valence-electron chi connectivity index (χ4n) is 1.38. The van der Waals surface area contributed by atoms with E-state index >= 15 is 0 Å². The van der Waals surface area contributed by atoms with Crippen molar-refractivity contribution in [3.63, 3.8) is 0 Å². The molecular formula is C12H10FN3O2. The molecule has 0 fully saturated rings. The highest BCUT2D eigenvalue weighted by Crippen LogP contribution is 2.28. The van der Waals surface area contributed by atoms with Crippen molar-refractivity contribution in [1.82, 2.24) is 4.98 Å². The highest BCUT2D eigenvalue weighted by molar-refractivity contribution is 5.95. The number of primary amides is 1. The molecule has 0 spiro atoms. The monoisotopic (exact) mass is 247 g/mol. The Balaban J connectivity index is 2.37. The third kappa shape index (κ3) is 2.37. The highest BCUT2D eigenvalue weighted by Gasteiger charge is 2.12. The lowest BCUT2D eigenvalue weighted by atomic mass is 10.2. The molecule has 18 heavy (non-hydrogen) atoms. The van der Waals surface area contributed by atoms with Crippen LogP contribution in [0.25, 0.3) is 0 Å². The number of ether oxygens (including phenoxy) is 1. The number of anilines is 1. The van der Waals surface area contributed by atoms with Crippen molar-refractivity contribution < 1.29 is 13.9 Å². The van der Waals surface area contributed by atoms with Crippen molar-refractivity contribution in [1.29, 1.82) is 0 Å². The molecule has 2 aromatic rings. The standard InChI is InChI=1S/C12H10FN3O2/c13-7-3-4-10(9(14)6-7)18-12-8(11(15)17)2-1-5-16-12/h1-6H,14H2,(H2,15,17). The van der Waals surface area contributed by atoms with E-state index in [0.29, 0.717) is 0 Å². The van der Waals surface area contributed by atoms with Gasteiger partial charge in [-0.05, 0) is 24.3 Å². The Bertz CT molecular complexity index is 602. The van der Waals surface area contributed by atoms with Gasteiger partial charge in [-0.3, -0.25) is 4.79 Å². The molecule has 5 nitrogen and oxygen atoms in total. The van der Waals surface area contributed by atoms with Crippen molar-refractivity contribution in [2.75, 3.05) is 5.73 Å². The second-order valence-electron chi connectivity index (χ2n) is 3.50. The van der Waals surface area contributed by atoms with Crippen LogP contribution < -0.4 is 16.2 Å². The Morgan fingerprint density at radius 1 is 1.33 bits per heavy atom. The van der Waals surface area contributed by atoms with Crippen molar-refractivity contribution in [3.8, 4) is 11.6 Å². The zero-order valence-corrected chi connectivity index (χ0v) is 9.26. The zero-order chi connectivity index (χ0) is 13.1. The molecule has 0 aliphatic carbocycles. The van der Waals surface area contributed by atoms with Crippen molar-refractivity contribution >= 4 is 11.6 Å². The topological polar surface area (TPSA) is 91.2 Å². The quantitative estimate of drug-likeness (QED) is 0.807. The third-order valence-electron chi connectivity index (χ3n) is 2.22. The third-order valence-corrected chi connectivity index (χ3v) is 2.22. The summed E-state index contributed by atoms with van der Waals surface area (Å²) in [7, 11) is 0. The number of carbonyl (C=O) groups is 1. The second kappa shape index (κ2) is 4.70. The number of amides is 1. The average molecular weight is 247 g/mol.